The van der Waals surface area contributed by atoms with Gasteiger partial charge < -0.3 is 14.3 Å². The summed E-state index contributed by atoms with van der Waals surface area (Å²) in [5.41, 5.74) is 2.75. The Morgan fingerprint density at radius 1 is 0.767 bits per heavy atom. The normalized spacial score (nSPS) is 14.2. The maximum Gasteiger partial charge on any atom is 0.259 e. The van der Waals surface area contributed by atoms with Crippen LogP contribution in [0.15, 0.2) is 77.4 Å². The Morgan fingerprint density at radius 3 is 2.20 bits per heavy atom. The number of hydrogen-bond donors (Lipinski definition) is 0. The van der Waals surface area contributed by atoms with Crippen LogP contribution in [0.3, 0.4) is 0 Å². The zero-order chi connectivity index (χ0) is 20.3. The van der Waals surface area contributed by atoms with Crippen molar-refractivity contribution in [2.75, 3.05) is 36.0 Å². The lowest BCUT2D eigenvalue weighted by molar-refractivity contribution is 0.432. The topological polar surface area (TPSA) is 58.3 Å². The van der Waals surface area contributed by atoms with Crippen LogP contribution >= 0.6 is 0 Å². The van der Waals surface area contributed by atoms with Gasteiger partial charge >= 0.3 is 0 Å². The van der Waals surface area contributed by atoms with Gasteiger partial charge in [0.15, 0.2) is 0 Å². The molecule has 1 aliphatic rings. The van der Waals surface area contributed by atoms with Gasteiger partial charge in [-0.3, -0.25) is 0 Å². The average molecular weight is 401 g/mol. The third-order valence-electron chi connectivity index (χ3n) is 5.25. The summed E-state index contributed by atoms with van der Waals surface area (Å²) in [5.74, 6) is 1.72. The number of benzene rings is 2. The number of nitrogens with zero attached hydrogens (tertiary/aromatic N) is 5. The molecule has 0 atom stereocenters. The fraction of sp³-hybridized carbons (Fsp3) is 0.174. The largest absolute Gasteiger partial charge is 0.368 e. The van der Waals surface area contributed by atoms with Crippen molar-refractivity contribution >= 4 is 11.5 Å². The van der Waals surface area contributed by atoms with E-state index in [1.165, 1.54) is 12.1 Å². The average Bonchev–Trinajstić information content (AvgIpc) is 3.31. The van der Waals surface area contributed by atoms with Gasteiger partial charge in [0.05, 0.1) is 5.56 Å². The minimum atomic E-state index is -0.209. The summed E-state index contributed by atoms with van der Waals surface area (Å²) >= 11 is 0. The molecule has 1 saturated heterocycles. The summed E-state index contributed by atoms with van der Waals surface area (Å²) in [6, 6.07) is 20.3. The molecular formula is C23H20FN5O. The van der Waals surface area contributed by atoms with Crippen LogP contribution in [0, 0.1) is 5.82 Å². The Balaban J connectivity index is 1.25. The Kier molecular flexibility index (Phi) is 4.85. The van der Waals surface area contributed by atoms with E-state index in [2.05, 4.69) is 24.9 Å². The molecule has 0 radical (unpaired) electrons. The number of halogens is 1. The highest BCUT2D eigenvalue weighted by molar-refractivity contribution is 5.60. The summed E-state index contributed by atoms with van der Waals surface area (Å²) in [6.07, 6.45) is 1.77. The van der Waals surface area contributed by atoms with E-state index in [1.54, 1.807) is 6.20 Å². The van der Waals surface area contributed by atoms with Gasteiger partial charge in [0.2, 0.25) is 5.82 Å². The Morgan fingerprint density at radius 2 is 1.50 bits per heavy atom. The molecule has 4 aromatic rings. The third-order valence-corrected chi connectivity index (χ3v) is 5.25. The van der Waals surface area contributed by atoms with E-state index in [0.29, 0.717) is 11.7 Å². The van der Waals surface area contributed by atoms with E-state index in [-0.39, 0.29) is 5.82 Å². The lowest BCUT2D eigenvalue weighted by Crippen LogP contribution is -2.46. The summed E-state index contributed by atoms with van der Waals surface area (Å²) in [7, 11) is 0. The maximum absolute atomic E-state index is 13.1. The van der Waals surface area contributed by atoms with Gasteiger partial charge in [0.25, 0.3) is 5.89 Å². The number of piperazine rings is 1. The van der Waals surface area contributed by atoms with Crippen molar-refractivity contribution in [2.45, 2.75) is 0 Å². The number of rotatable bonds is 4. The maximum atomic E-state index is 13.1. The minimum absolute atomic E-state index is 0.209. The lowest BCUT2D eigenvalue weighted by Gasteiger charge is -2.36. The van der Waals surface area contributed by atoms with Crippen LogP contribution in [0.4, 0.5) is 15.9 Å². The third kappa shape index (κ3) is 3.74. The second-order valence-electron chi connectivity index (χ2n) is 7.14. The van der Waals surface area contributed by atoms with Crippen molar-refractivity contribution in [3.05, 3.63) is 78.7 Å². The van der Waals surface area contributed by atoms with Crippen molar-refractivity contribution in [3.63, 3.8) is 0 Å². The van der Waals surface area contributed by atoms with E-state index >= 15 is 0 Å². The zero-order valence-electron chi connectivity index (χ0n) is 16.3. The molecule has 7 heteroatoms. The SMILES string of the molecule is Fc1ccc(N2CCN(c3ccc(-c4nc(-c5ccccc5)no4)cn3)CC2)cc1. The van der Waals surface area contributed by atoms with Gasteiger partial charge in [0.1, 0.15) is 11.6 Å². The molecule has 2 aromatic carbocycles. The molecule has 6 nitrogen and oxygen atoms in total. The molecule has 5 rings (SSSR count). The Labute approximate surface area is 173 Å². The minimum Gasteiger partial charge on any atom is -0.368 e. The molecule has 1 aliphatic heterocycles. The Hall–Kier alpha value is -3.74. The molecular weight excluding hydrogens is 381 g/mol. The highest BCUT2D eigenvalue weighted by Gasteiger charge is 2.19. The first-order chi connectivity index (χ1) is 14.8. The van der Waals surface area contributed by atoms with Crippen LogP contribution in [0.25, 0.3) is 22.8 Å². The van der Waals surface area contributed by atoms with Crippen LogP contribution < -0.4 is 9.80 Å². The molecule has 3 heterocycles. The van der Waals surface area contributed by atoms with Gasteiger partial charge in [-0.05, 0) is 36.4 Å². The second-order valence-corrected chi connectivity index (χ2v) is 7.14. The van der Waals surface area contributed by atoms with Gasteiger partial charge in [-0.2, -0.15) is 4.98 Å². The lowest BCUT2D eigenvalue weighted by atomic mass is 10.2. The van der Waals surface area contributed by atoms with Crippen molar-refractivity contribution in [2.24, 2.45) is 0 Å². The van der Waals surface area contributed by atoms with Crippen molar-refractivity contribution < 1.29 is 8.91 Å². The van der Waals surface area contributed by atoms with E-state index < -0.39 is 0 Å². The summed E-state index contributed by atoms with van der Waals surface area (Å²) in [6.45, 7) is 3.42. The van der Waals surface area contributed by atoms with Crippen molar-refractivity contribution in [3.8, 4) is 22.8 Å². The highest BCUT2D eigenvalue weighted by Crippen LogP contribution is 2.24. The number of aromatic nitrogens is 3. The second kappa shape index (κ2) is 7.94. The van der Waals surface area contributed by atoms with E-state index in [9.17, 15) is 4.39 Å². The summed E-state index contributed by atoms with van der Waals surface area (Å²) in [5, 5.41) is 4.06. The van der Waals surface area contributed by atoms with Gasteiger partial charge in [-0.15, -0.1) is 0 Å². The number of anilines is 2. The van der Waals surface area contributed by atoms with Crippen LogP contribution in [-0.2, 0) is 0 Å². The summed E-state index contributed by atoms with van der Waals surface area (Å²) in [4.78, 5) is 13.6. The molecule has 0 aliphatic carbocycles. The van der Waals surface area contributed by atoms with Crippen molar-refractivity contribution in [1.82, 2.24) is 15.1 Å². The molecule has 30 heavy (non-hydrogen) atoms. The van der Waals surface area contributed by atoms with Crippen LogP contribution in [0.2, 0.25) is 0 Å². The fourth-order valence-electron chi connectivity index (χ4n) is 3.59. The van der Waals surface area contributed by atoms with Crippen LogP contribution in [0.5, 0.6) is 0 Å². The standard InChI is InChI=1S/C23H20FN5O/c24-19-7-9-20(10-8-19)28-12-14-29(15-13-28)21-11-6-18(16-25-21)23-26-22(27-30-23)17-4-2-1-3-5-17/h1-11,16H,12-15H2. The number of pyridine rings is 1. The molecule has 0 amide bonds. The van der Waals surface area contributed by atoms with E-state index in [1.807, 2.05) is 54.6 Å². The molecule has 0 N–H and O–H groups in total. The van der Waals surface area contributed by atoms with Crippen LogP contribution in [-0.4, -0.2) is 41.3 Å². The first-order valence-corrected chi connectivity index (χ1v) is 9.87. The molecule has 0 spiro atoms. The monoisotopic (exact) mass is 401 g/mol. The molecule has 1 fully saturated rings. The molecule has 2 aromatic heterocycles. The molecule has 150 valence electrons. The molecule has 0 unspecified atom stereocenters. The molecule has 0 bridgehead atoms. The van der Waals surface area contributed by atoms with Crippen molar-refractivity contribution in [1.29, 1.82) is 0 Å². The van der Waals surface area contributed by atoms with Gasteiger partial charge in [-0.1, -0.05) is 35.5 Å². The van der Waals surface area contributed by atoms with Gasteiger partial charge in [0, 0.05) is 43.6 Å². The quantitative estimate of drug-likeness (QED) is 0.509. The number of hydrogen-bond acceptors (Lipinski definition) is 6. The van der Waals surface area contributed by atoms with Gasteiger partial charge in [-0.25, -0.2) is 9.37 Å². The van der Waals surface area contributed by atoms with E-state index in [4.69, 9.17) is 4.52 Å². The Bertz CT molecular complexity index is 1100. The first kappa shape index (κ1) is 18.3. The molecule has 0 saturated carbocycles. The first-order valence-electron chi connectivity index (χ1n) is 9.87. The predicted molar refractivity (Wildman–Crippen MR) is 114 cm³/mol. The zero-order valence-corrected chi connectivity index (χ0v) is 16.3. The van der Waals surface area contributed by atoms with Crippen LogP contribution in [0.1, 0.15) is 0 Å². The predicted octanol–water partition coefficient (Wildman–Crippen LogP) is 4.26. The fourth-order valence-corrected chi connectivity index (χ4v) is 3.59. The summed E-state index contributed by atoms with van der Waals surface area (Å²) < 4.78 is 18.5. The smallest absolute Gasteiger partial charge is 0.259 e. The van der Waals surface area contributed by atoms with E-state index in [0.717, 1.165) is 48.8 Å². The highest BCUT2D eigenvalue weighted by atomic mass is 19.1.